The number of hydrogen-bond donors (Lipinski definition) is 0. The van der Waals surface area contributed by atoms with Crippen molar-refractivity contribution in [1.82, 2.24) is 9.97 Å². The van der Waals surface area contributed by atoms with Crippen LogP contribution in [0.2, 0.25) is 5.02 Å². The fraction of sp³-hybridized carbons (Fsp3) is 0.0909. The topological polar surface area (TPSA) is 38.9 Å². The maximum Gasteiger partial charge on any atom is 0.192 e. The van der Waals surface area contributed by atoms with Crippen molar-refractivity contribution in [3.05, 3.63) is 35.3 Å². The van der Waals surface area contributed by atoms with Gasteiger partial charge in [0.25, 0.3) is 0 Å². The van der Waals surface area contributed by atoms with Crippen molar-refractivity contribution in [1.29, 1.82) is 0 Å². The summed E-state index contributed by atoms with van der Waals surface area (Å²) >= 11 is 6.12. The van der Waals surface area contributed by atoms with Crippen molar-refractivity contribution >= 4 is 33.6 Å². The van der Waals surface area contributed by atoms with E-state index in [1.54, 1.807) is 12.3 Å². The fourth-order valence-corrected chi connectivity index (χ4v) is 1.94. The Kier molecular flexibility index (Phi) is 1.70. The summed E-state index contributed by atoms with van der Waals surface area (Å²) in [7, 11) is 0. The summed E-state index contributed by atoms with van der Waals surface area (Å²) < 4.78 is 5.50. The molecule has 0 unspecified atom stereocenters. The minimum atomic E-state index is 0.624. The van der Waals surface area contributed by atoms with Gasteiger partial charge in [0, 0.05) is 18.5 Å². The summed E-state index contributed by atoms with van der Waals surface area (Å²) in [4.78, 5) is 8.50. The average molecular weight is 219 g/mol. The van der Waals surface area contributed by atoms with Gasteiger partial charge in [0.2, 0.25) is 0 Å². The Morgan fingerprint density at radius 3 is 3.13 bits per heavy atom. The molecule has 0 radical (unpaired) electrons. The zero-order valence-electron chi connectivity index (χ0n) is 7.99. The normalized spacial score (nSPS) is 11.3. The molecule has 0 aliphatic rings. The molecule has 0 bridgehead atoms. The van der Waals surface area contributed by atoms with E-state index in [4.69, 9.17) is 16.0 Å². The molecule has 2 aromatic heterocycles. The van der Waals surface area contributed by atoms with E-state index in [1.807, 2.05) is 19.1 Å². The van der Waals surface area contributed by atoms with Gasteiger partial charge < -0.3 is 4.42 Å². The monoisotopic (exact) mass is 218 g/mol. The number of rotatable bonds is 0. The molecule has 3 aromatic rings. The van der Waals surface area contributed by atoms with E-state index in [9.17, 15) is 0 Å². The smallest absolute Gasteiger partial charge is 0.192 e. The van der Waals surface area contributed by atoms with Crippen LogP contribution in [0.15, 0.2) is 28.8 Å². The molecular weight excluding hydrogens is 212 g/mol. The zero-order valence-corrected chi connectivity index (χ0v) is 8.75. The molecule has 0 N–H and O–H groups in total. The van der Waals surface area contributed by atoms with Gasteiger partial charge in [-0.25, -0.2) is 4.98 Å². The Morgan fingerprint density at radius 2 is 2.27 bits per heavy atom. The number of halogens is 1. The SMILES string of the molecule is Cc1nc2cc(Cl)c3cccnc3c2o1. The second kappa shape index (κ2) is 2.94. The highest BCUT2D eigenvalue weighted by Crippen LogP contribution is 2.30. The number of nitrogens with zero attached hydrogens (tertiary/aromatic N) is 2. The number of aryl methyl sites for hydroxylation is 1. The third kappa shape index (κ3) is 1.20. The van der Waals surface area contributed by atoms with Crippen molar-refractivity contribution in [2.75, 3.05) is 0 Å². The van der Waals surface area contributed by atoms with Crippen LogP contribution in [-0.4, -0.2) is 9.97 Å². The minimum absolute atomic E-state index is 0.624. The Hall–Kier alpha value is -1.61. The first-order valence-corrected chi connectivity index (χ1v) is 4.94. The van der Waals surface area contributed by atoms with Crippen molar-refractivity contribution in [2.24, 2.45) is 0 Å². The molecule has 0 saturated heterocycles. The summed E-state index contributed by atoms with van der Waals surface area (Å²) in [5.74, 6) is 0.624. The number of oxazole rings is 1. The van der Waals surface area contributed by atoms with E-state index in [1.165, 1.54) is 0 Å². The van der Waals surface area contributed by atoms with Gasteiger partial charge in [-0.3, -0.25) is 4.98 Å². The number of benzene rings is 1. The molecule has 0 saturated carbocycles. The Balaban J connectivity index is 2.62. The van der Waals surface area contributed by atoms with E-state index in [-0.39, 0.29) is 0 Å². The minimum Gasteiger partial charge on any atom is -0.439 e. The maximum atomic E-state index is 6.12. The quantitative estimate of drug-likeness (QED) is 0.581. The predicted molar refractivity (Wildman–Crippen MR) is 59.1 cm³/mol. The molecule has 74 valence electrons. The van der Waals surface area contributed by atoms with Crippen LogP contribution in [0.3, 0.4) is 0 Å². The molecule has 0 aliphatic heterocycles. The molecule has 0 aliphatic carbocycles. The van der Waals surface area contributed by atoms with Crippen molar-refractivity contribution in [2.45, 2.75) is 6.92 Å². The number of pyridine rings is 1. The molecule has 4 heteroatoms. The lowest BCUT2D eigenvalue weighted by atomic mass is 10.2. The third-order valence-electron chi connectivity index (χ3n) is 2.30. The molecular formula is C11H7ClN2O. The molecule has 0 spiro atoms. The predicted octanol–water partition coefficient (Wildman–Crippen LogP) is 3.34. The van der Waals surface area contributed by atoms with Crippen LogP contribution < -0.4 is 0 Å². The van der Waals surface area contributed by atoms with Crippen LogP contribution in [0, 0.1) is 6.92 Å². The molecule has 3 rings (SSSR count). The number of fused-ring (bicyclic) bond motifs is 3. The van der Waals surface area contributed by atoms with Crippen LogP contribution in [0.5, 0.6) is 0 Å². The second-order valence-corrected chi connectivity index (χ2v) is 3.75. The highest BCUT2D eigenvalue weighted by atomic mass is 35.5. The van der Waals surface area contributed by atoms with Crippen molar-refractivity contribution < 1.29 is 4.42 Å². The van der Waals surface area contributed by atoms with E-state index >= 15 is 0 Å². The Labute approximate surface area is 90.7 Å². The first-order chi connectivity index (χ1) is 7.25. The second-order valence-electron chi connectivity index (χ2n) is 3.34. The Morgan fingerprint density at radius 1 is 1.40 bits per heavy atom. The van der Waals surface area contributed by atoms with Gasteiger partial charge in [-0.15, -0.1) is 0 Å². The molecule has 0 fully saturated rings. The van der Waals surface area contributed by atoms with Gasteiger partial charge in [-0.1, -0.05) is 11.6 Å². The van der Waals surface area contributed by atoms with Crippen LogP contribution >= 0.6 is 11.6 Å². The van der Waals surface area contributed by atoms with Gasteiger partial charge in [-0.2, -0.15) is 0 Å². The third-order valence-corrected chi connectivity index (χ3v) is 2.62. The molecule has 3 nitrogen and oxygen atoms in total. The Bertz CT molecular complexity index is 660. The van der Waals surface area contributed by atoms with E-state index < -0.39 is 0 Å². The van der Waals surface area contributed by atoms with Crippen molar-refractivity contribution in [3.8, 4) is 0 Å². The van der Waals surface area contributed by atoms with Gasteiger partial charge in [0.15, 0.2) is 11.5 Å². The van der Waals surface area contributed by atoms with Gasteiger partial charge >= 0.3 is 0 Å². The van der Waals surface area contributed by atoms with Crippen LogP contribution in [-0.2, 0) is 0 Å². The van der Waals surface area contributed by atoms with E-state index in [0.29, 0.717) is 16.5 Å². The molecule has 15 heavy (non-hydrogen) atoms. The van der Waals surface area contributed by atoms with Gasteiger partial charge in [0.1, 0.15) is 11.0 Å². The summed E-state index contributed by atoms with van der Waals surface area (Å²) in [6.45, 7) is 1.81. The first kappa shape index (κ1) is 8.68. The highest BCUT2D eigenvalue weighted by Gasteiger charge is 2.10. The summed E-state index contributed by atoms with van der Waals surface area (Å²) in [6.07, 6.45) is 1.72. The average Bonchev–Trinajstić information content (AvgIpc) is 2.59. The summed E-state index contributed by atoms with van der Waals surface area (Å²) in [5.41, 5.74) is 2.22. The lowest BCUT2D eigenvalue weighted by Crippen LogP contribution is -1.80. The molecule has 0 amide bonds. The summed E-state index contributed by atoms with van der Waals surface area (Å²) in [6, 6.07) is 5.57. The van der Waals surface area contributed by atoms with Crippen molar-refractivity contribution in [3.63, 3.8) is 0 Å². The molecule has 2 heterocycles. The lowest BCUT2D eigenvalue weighted by Gasteiger charge is -1.98. The van der Waals surface area contributed by atoms with Gasteiger partial charge in [0.05, 0.1) is 5.02 Å². The zero-order chi connectivity index (χ0) is 10.4. The number of aromatic nitrogens is 2. The molecule has 1 aromatic carbocycles. The largest absolute Gasteiger partial charge is 0.439 e. The highest BCUT2D eigenvalue weighted by molar-refractivity contribution is 6.36. The molecule has 0 atom stereocenters. The van der Waals surface area contributed by atoms with E-state index in [0.717, 1.165) is 16.4 Å². The van der Waals surface area contributed by atoms with E-state index in [2.05, 4.69) is 9.97 Å². The summed E-state index contributed by atoms with van der Waals surface area (Å²) in [5, 5.41) is 1.54. The van der Waals surface area contributed by atoms with Crippen LogP contribution in [0.1, 0.15) is 5.89 Å². The first-order valence-electron chi connectivity index (χ1n) is 4.56. The lowest BCUT2D eigenvalue weighted by molar-refractivity contribution is 0.563. The fourth-order valence-electron chi connectivity index (χ4n) is 1.69. The number of hydrogen-bond acceptors (Lipinski definition) is 3. The van der Waals surface area contributed by atoms with Crippen LogP contribution in [0.4, 0.5) is 0 Å². The van der Waals surface area contributed by atoms with Gasteiger partial charge in [-0.05, 0) is 18.2 Å². The standard InChI is InChI=1S/C11H7ClN2O/c1-6-14-9-5-8(12)7-3-2-4-13-10(7)11(9)15-6/h2-5H,1H3. The maximum absolute atomic E-state index is 6.12. The van der Waals surface area contributed by atoms with Crippen LogP contribution in [0.25, 0.3) is 22.0 Å².